The maximum atomic E-state index is 13.5. The normalized spacial score (nSPS) is 12.1. The number of aromatic nitrogens is 2. The molecule has 0 bridgehead atoms. The van der Waals surface area contributed by atoms with Crippen LogP contribution >= 0.6 is 0 Å². The van der Waals surface area contributed by atoms with Crippen molar-refractivity contribution >= 4 is 16.8 Å². The first kappa shape index (κ1) is 23.3. The van der Waals surface area contributed by atoms with Crippen LogP contribution in [0.2, 0.25) is 0 Å². The Morgan fingerprint density at radius 1 is 1.19 bits per heavy atom. The van der Waals surface area contributed by atoms with E-state index in [9.17, 15) is 14.7 Å². The molecule has 32 heavy (non-hydrogen) atoms. The van der Waals surface area contributed by atoms with Crippen LogP contribution in [-0.2, 0) is 11.3 Å². The number of aliphatic hydroxyl groups is 1. The number of benzene rings is 2. The summed E-state index contributed by atoms with van der Waals surface area (Å²) < 4.78 is 12.5. The molecule has 0 radical (unpaired) electrons. The van der Waals surface area contributed by atoms with Gasteiger partial charge in [0.2, 0.25) is 5.91 Å². The molecule has 0 aliphatic heterocycles. The molecule has 3 rings (SSSR count). The minimum absolute atomic E-state index is 0.00910. The summed E-state index contributed by atoms with van der Waals surface area (Å²) in [6.45, 7) is 5.73. The van der Waals surface area contributed by atoms with E-state index in [1.165, 1.54) is 4.57 Å². The molecule has 2 N–H and O–H groups in total. The van der Waals surface area contributed by atoms with E-state index in [4.69, 9.17) is 14.5 Å². The van der Waals surface area contributed by atoms with Gasteiger partial charge in [-0.25, -0.2) is 4.98 Å². The third-order valence-electron chi connectivity index (χ3n) is 4.87. The molecule has 2 aromatic carbocycles. The van der Waals surface area contributed by atoms with Gasteiger partial charge in [-0.2, -0.15) is 0 Å². The highest BCUT2D eigenvalue weighted by Crippen LogP contribution is 2.29. The second-order valence-electron chi connectivity index (χ2n) is 8.03. The molecule has 0 unspecified atom stereocenters. The molecule has 8 nitrogen and oxygen atoms in total. The summed E-state index contributed by atoms with van der Waals surface area (Å²) >= 11 is 0. The highest BCUT2D eigenvalue weighted by atomic mass is 16.5. The van der Waals surface area contributed by atoms with Crippen LogP contribution in [0.5, 0.6) is 11.5 Å². The first-order valence-corrected chi connectivity index (χ1v) is 10.5. The number of methoxy groups -OCH3 is 1. The van der Waals surface area contributed by atoms with Crippen LogP contribution in [-0.4, -0.2) is 46.9 Å². The number of rotatable bonds is 9. The fourth-order valence-corrected chi connectivity index (χ4v) is 3.27. The molecule has 0 saturated carbocycles. The maximum Gasteiger partial charge on any atom is 0.262 e. The molecule has 1 heterocycles. The molecular formula is C24H29N3O5. The SMILES string of the molecule is COc1ccccc1-c1nc2ccc(OC[C@@H](C)CO)cc2c(=O)n1CC(=O)NC(C)C. The molecule has 1 atom stereocenters. The van der Waals surface area contributed by atoms with Gasteiger partial charge in [0.1, 0.15) is 23.9 Å². The van der Waals surface area contributed by atoms with Crippen molar-refractivity contribution in [2.24, 2.45) is 5.92 Å². The Kier molecular flexibility index (Phi) is 7.48. The zero-order chi connectivity index (χ0) is 23.3. The summed E-state index contributed by atoms with van der Waals surface area (Å²) in [5.41, 5.74) is 0.748. The van der Waals surface area contributed by atoms with Crippen LogP contribution in [0.3, 0.4) is 0 Å². The largest absolute Gasteiger partial charge is 0.496 e. The highest BCUT2D eigenvalue weighted by molar-refractivity contribution is 5.83. The van der Waals surface area contributed by atoms with Crippen molar-refractivity contribution in [3.63, 3.8) is 0 Å². The monoisotopic (exact) mass is 439 g/mol. The van der Waals surface area contributed by atoms with Gasteiger partial charge in [0.05, 0.1) is 30.2 Å². The molecule has 0 fully saturated rings. The molecule has 8 heteroatoms. The Morgan fingerprint density at radius 2 is 1.94 bits per heavy atom. The number of hydrogen-bond acceptors (Lipinski definition) is 6. The molecule has 0 aliphatic carbocycles. The number of carbonyl (C=O) groups excluding carboxylic acids is 1. The van der Waals surface area contributed by atoms with Gasteiger partial charge >= 0.3 is 0 Å². The van der Waals surface area contributed by atoms with Crippen molar-refractivity contribution in [2.75, 3.05) is 20.3 Å². The summed E-state index contributed by atoms with van der Waals surface area (Å²) in [6.07, 6.45) is 0. The third-order valence-corrected chi connectivity index (χ3v) is 4.87. The molecule has 1 amide bonds. The van der Waals surface area contributed by atoms with Crippen LogP contribution in [0.4, 0.5) is 0 Å². The number of para-hydroxylation sites is 1. The zero-order valence-corrected chi connectivity index (χ0v) is 18.8. The lowest BCUT2D eigenvalue weighted by Crippen LogP contribution is -2.37. The number of carbonyl (C=O) groups is 1. The van der Waals surface area contributed by atoms with E-state index in [0.29, 0.717) is 40.4 Å². The average Bonchev–Trinajstić information content (AvgIpc) is 2.78. The molecule has 0 aliphatic rings. The van der Waals surface area contributed by atoms with Crippen LogP contribution in [0.1, 0.15) is 20.8 Å². The third kappa shape index (κ3) is 5.26. The number of nitrogens with zero attached hydrogens (tertiary/aromatic N) is 2. The van der Waals surface area contributed by atoms with Gasteiger partial charge in [0, 0.05) is 18.6 Å². The fourth-order valence-electron chi connectivity index (χ4n) is 3.27. The lowest BCUT2D eigenvalue weighted by molar-refractivity contribution is -0.122. The predicted octanol–water partition coefficient (Wildman–Crippen LogP) is 2.60. The Balaban J connectivity index is 2.15. The minimum atomic E-state index is -0.351. The Labute approximate surface area is 186 Å². The van der Waals surface area contributed by atoms with Crippen molar-refractivity contribution in [1.82, 2.24) is 14.9 Å². The first-order valence-electron chi connectivity index (χ1n) is 10.5. The molecule has 0 spiro atoms. The van der Waals surface area contributed by atoms with Gasteiger partial charge in [-0.05, 0) is 44.2 Å². The van der Waals surface area contributed by atoms with Gasteiger partial charge < -0.3 is 19.9 Å². The van der Waals surface area contributed by atoms with Crippen molar-refractivity contribution < 1.29 is 19.4 Å². The van der Waals surface area contributed by atoms with Crippen LogP contribution in [0, 0.1) is 5.92 Å². The summed E-state index contributed by atoms with van der Waals surface area (Å²) in [5, 5.41) is 12.4. The molecule has 3 aromatic rings. The Morgan fingerprint density at radius 3 is 2.62 bits per heavy atom. The van der Waals surface area contributed by atoms with E-state index in [1.807, 2.05) is 32.9 Å². The van der Waals surface area contributed by atoms with Crippen LogP contribution in [0.25, 0.3) is 22.3 Å². The van der Waals surface area contributed by atoms with Gasteiger partial charge in [0.25, 0.3) is 5.56 Å². The van der Waals surface area contributed by atoms with E-state index < -0.39 is 0 Å². The standard InChI is InChI=1S/C24H29N3O5/c1-15(2)25-22(29)12-27-23(18-7-5-6-8-21(18)31-4)26-20-10-9-17(11-19(20)24(27)30)32-14-16(3)13-28/h5-11,15-16,28H,12-14H2,1-4H3,(H,25,29)/t16-/m0/s1. The van der Waals surface area contributed by atoms with E-state index in [-0.39, 0.29) is 36.6 Å². The molecular weight excluding hydrogens is 410 g/mol. The predicted molar refractivity (Wildman–Crippen MR) is 123 cm³/mol. The van der Waals surface area contributed by atoms with Crippen molar-refractivity contribution in [2.45, 2.75) is 33.4 Å². The summed E-state index contributed by atoms with van der Waals surface area (Å²) in [7, 11) is 1.55. The molecule has 170 valence electrons. The summed E-state index contributed by atoms with van der Waals surface area (Å²) in [4.78, 5) is 30.8. The van der Waals surface area contributed by atoms with Crippen molar-refractivity contribution in [3.05, 3.63) is 52.8 Å². The van der Waals surface area contributed by atoms with E-state index in [0.717, 1.165) is 0 Å². The summed E-state index contributed by atoms with van der Waals surface area (Å²) in [6, 6.07) is 12.3. The topological polar surface area (TPSA) is 103 Å². The smallest absolute Gasteiger partial charge is 0.262 e. The van der Waals surface area contributed by atoms with Gasteiger partial charge in [0.15, 0.2) is 0 Å². The molecule has 1 aromatic heterocycles. The Hall–Kier alpha value is -3.39. The number of fused-ring (bicyclic) bond motifs is 1. The summed E-state index contributed by atoms with van der Waals surface area (Å²) in [5.74, 6) is 1.08. The number of nitrogens with one attached hydrogen (secondary N) is 1. The Bertz CT molecular complexity index is 1160. The lowest BCUT2D eigenvalue weighted by Gasteiger charge is -2.17. The molecule has 0 saturated heterocycles. The first-order chi connectivity index (χ1) is 15.3. The van der Waals surface area contributed by atoms with E-state index in [1.54, 1.807) is 37.4 Å². The van der Waals surface area contributed by atoms with Crippen molar-refractivity contribution in [1.29, 1.82) is 0 Å². The van der Waals surface area contributed by atoms with Gasteiger partial charge in [-0.3, -0.25) is 14.2 Å². The van der Waals surface area contributed by atoms with Crippen LogP contribution < -0.4 is 20.3 Å². The number of aliphatic hydroxyl groups excluding tert-OH is 1. The van der Waals surface area contributed by atoms with Crippen LogP contribution in [0.15, 0.2) is 47.3 Å². The number of amides is 1. The zero-order valence-electron chi connectivity index (χ0n) is 18.8. The van der Waals surface area contributed by atoms with E-state index in [2.05, 4.69) is 5.32 Å². The second kappa shape index (κ2) is 10.3. The van der Waals surface area contributed by atoms with Gasteiger partial charge in [-0.1, -0.05) is 19.1 Å². The number of ether oxygens (including phenoxy) is 2. The second-order valence-corrected chi connectivity index (χ2v) is 8.03. The van der Waals surface area contributed by atoms with Crippen molar-refractivity contribution in [3.8, 4) is 22.9 Å². The quantitative estimate of drug-likeness (QED) is 0.531. The average molecular weight is 440 g/mol. The fraction of sp³-hybridized carbons (Fsp3) is 0.375. The minimum Gasteiger partial charge on any atom is -0.496 e. The maximum absolute atomic E-state index is 13.5. The number of hydrogen-bond donors (Lipinski definition) is 2. The highest BCUT2D eigenvalue weighted by Gasteiger charge is 2.19. The van der Waals surface area contributed by atoms with Gasteiger partial charge in [-0.15, -0.1) is 0 Å². The van der Waals surface area contributed by atoms with E-state index >= 15 is 0 Å². The lowest BCUT2D eigenvalue weighted by atomic mass is 10.1.